The highest BCUT2D eigenvalue weighted by atomic mass is 16.6. The second kappa shape index (κ2) is 10.5. The Bertz CT molecular complexity index is 1370. The molecule has 6 heteroatoms. The van der Waals surface area contributed by atoms with E-state index in [0.29, 0.717) is 18.3 Å². The van der Waals surface area contributed by atoms with Crippen LogP contribution in [-0.4, -0.2) is 39.5 Å². The fraction of sp³-hybridized carbons (Fsp3) is 0.684. The third-order valence-electron chi connectivity index (χ3n) is 13.7. The van der Waals surface area contributed by atoms with Crippen LogP contribution in [0.25, 0.3) is 6.08 Å². The highest BCUT2D eigenvalue weighted by Crippen LogP contribution is 2.72. The number of aliphatic carboxylic acids is 1. The number of aromatic hydroxyl groups is 1. The molecule has 0 unspecified atom stereocenters. The van der Waals surface area contributed by atoms with Gasteiger partial charge in [0.05, 0.1) is 11.5 Å². The van der Waals surface area contributed by atoms with Crippen molar-refractivity contribution in [2.45, 2.75) is 112 Å². The molecule has 9 atom stereocenters. The molecule has 0 aliphatic heterocycles. The van der Waals surface area contributed by atoms with Gasteiger partial charge in [-0.1, -0.05) is 65.3 Å². The van der Waals surface area contributed by atoms with E-state index in [1.807, 2.05) is 0 Å². The lowest BCUT2D eigenvalue weighted by molar-refractivity contribution is -0.229. The molecule has 3 N–H and O–H groups in total. The number of benzene rings is 1. The number of phenols is 1. The normalized spacial score (nSPS) is 42.2. The van der Waals surface area contributed by atoms with Gasteiger partial charge >= 0.3 is 11.9 Å². The Morgan fingerprint density at radius 2 is 1.57 bits per heavy atom. The lowest BCUT2D eigenvalue weighted by atomic mass is 9.37. The van der Waals surface area contributed by atoms with Gasteiger partial charge in [0.15, 0.2) is 0 Å². The molecule has 44 heavy (non-hydrogen) atoms. The molecule has 0 heterocycles. The van der Waals surface area contributed by atoms with Crippen LogP contribution in [0.1, 0.15) is 105 Å². The van der Waals surface area contributed by atoms with E-state index in [9.17, 15) is 24.9 Å². The summed E-state index contributed by atoms with van der Waals surface area (Å²) in [6, 6.07) is 6.62. The lowest BCUT2D eigenvalue weighted by Crippen LogP contribution is -2.65. The molecule has 6 nitrogen and oxygen atoms in total. The fourth-order valence-electron chi connectivity index (χ4n) is 11.6. The predicted octanol–water partition coefficient (Wildman–Crippen LogP) is 7.78. The maximum absolute atomic E-state index is 13.0. The van der Waals surface area contributed by atoms with Gasteiger partial charge in [-0.2, -0.15) is 0 Å². The van der Waals surface area contributed by atoms with E-state index in [0.717, 1.165) is 56.9 Å². The van der Waals surface area contributed by atoms with E-state index in [1.54, 1.807) is 30.3 Å². The molecule has 4 saturated carbocycles. The Labute approximate surface area is 263 Å². The molecule has 0 saturated heterocycles. The molecular weight excluding hydrogens is 552 g/mol. The van der Waals surface area contributed by atoms with Crippen molar-refractivity contribution in [2.24, 2.45) is 50.7 Å². The van der Waals surface area contributed by atoms with Crippen LogP contribution in [0.4, 0.5) is 0 Å². The summed E-state index contributed by atoms with van der Waals surface area (Å²) in [5.41, 5.74) is 1.24. The number of esters is 1. The molecule has 6 rings (SSSR count). The highest BCUT2D eigenvalue weighted by molar-refractivity contribution is 5.87. The Morgan fingerprint density at radius 1 is 0.864 bits per heavy atom. The summed E-state index contributed by atoms with van der Waals surface area (Å²) in [5.74, 6) is 0.240. The van der Waals surface area contributed by atoms with Gasteiger partial charge < -0.3 is 20.1 Å². The molecule has 0 amide bonds. The van der Waals surface area contributed by atoms with Crippen molar-refractivity contribution < 1.29 is 29.6 Å². The van der Waals surface area contributed by atoms with E-state index in [2.05, 4.69) is 47.6 Å². The summed E-state index contributed by atoms with van der Waals surface area (Å²) < 4.78 is 6.02. The maximum Gasteiger partial charge on any atom is 0.331 e. The molecule has 240 valence electrons. The first-order valence-corrected chi connectivity index (χ1v) is 16.8. The van der Waals surface area contributed by atoms with Crippen molar-refractivity contribution in [3.63, 3.8) is 0 Å². The summed E-state index contributed by atoms with van der Waals surface area (Å²) >= 11 is 0. The zero-order valence-corrected chi connectivity index (χ0v) is 27.4. The molecule has 1 aromatic rings. The Hall–Kier alpha value is -2.60. The summed E-state index contributed by atoms with van der Waals surface area (Å²) in [6.07, 6.45) is 12.1. The molecule has 1 aromatic carbocycles. The number of allylic oxidation sites excluding steroid dienone is 2. The van der Waals surface area contributed by atoms with Gasteiger partial charge in [-0.25, -0.2) is 4.79 Å². The van der Waals surface area contributed by atoms with Crippen LogP contribution in [0.15, 0.2) is 42.0 Å². The average Bonchev–Trinajstić information content (AvgIpc) is 2.94. The van der Waals surface area contributed by atoms with Crippen LogP contribution in [0, 0.1) is 50.7 Å². The predicted molar refractivity (Wildman–Crippen MR) is 170 cm³/mol. The molecule has 5 aliphatic rings. The first-order valence-electron chi connectivity index (χ1n) is 16.8. The number of carbonyl (C=O) groups is 2. The smallest absolute Gasteiger partial charge is 0.331 e. The quantitative estimate of drug-likeness (QED) is 0.184. The summed E-state index contributed by atoms with van der Waals surface area (Å²) in [6.45, 7) is 13.8. The van der Waals surface area contributed by atoms with Crippen molar-refractivity contribution in [3.8, 4) is 5.75 Å². The first kappa shape index (κ1) is 31.4. The number of hydrogen-bond acceptors (Lipinski definition) is 5. The topological polar surface area (TPSA) is 104 Å². The van der Waals surface area contributed by atoms with Crippen LogP contribution in [-0.2, 0) is 14.3 Å². The lowest BCUT2D eigenvalue weighted by Gasteiger charge is -2.68. The van der Waals surface area contributed by atoms with E-state index < -0.39 is 35.0 Å². The zero-order chi connectivity index (χ0) is 31.9. The third kappa shape index (κ3) is 4.77. The number of rotatable bonds is 4. The summed E-state index contributed by atoms with van der Waals surface area (Å²) in [7, 11) is 0. The third-order valence-corrected chi connectivity index (χ3v) is 13.7. The van der Waals surface area contributed by atoms with E-state index in [-0.39, 0.29) is 33.8 Å². The molecule has 0 bridgehead atoms. The van der Waals surface area contributed by atoms with Crippen LogP contribution < -0.4 is 0 Å². The minimum absolute atomic E-state index is 0.0494. The molecule has 0 aromatic heterocycles. The van der Waals surface area contributed by atoms with Crippen molar-refractivity contribution in [3.05, 3.63) is 47.6 Å². The van der Waals surface area contributed by atoms with Crippen molar-refractivity contribution in [1.82, 2.24) is 0 Å². The molecular formula is C38H52O6. The number of aliphatic hydroxyl groups is 1. The van der Waals surface area contributed by atoms with Crippen LogP contribution in [0.5, 0.6) is 5.75 Å². The maximum atomic E-state index is 13.0. The van der Waals surface area contributed by atoms with Crippen LogP contribution >= 0.6 is 0 Å². The fourth-order valence-corrected chi connectivity index (χ4v) is 11.6. The van der Waals surface area contributed by atoms with Gasteiger partial charge in [0.25, 0.3) is 0 Å². The SMILES string of the molecule is CC1(C)CC[C@@]2(C(=O)O)CC[C@H]3C(=CC[C@H]4[C@]5(C)C[C@H](O)[C@@H](OC(=O)/C=C/c6ccc(O)cc6)C(C)(C)[C@H]5CC[C@]43C)[C@@H]2C1. The Kier molecular flexibility index (Phi) is 7.47. The second-order valence-electron chi connectivity index (χ2n) is 16.9. The average molecular weight is 605 g/mol. The largest absolute Gasteiger partial charge is 0.508 e. The Morgan fingerprint density at radius 3 is 2.25 bits per heavy atom. The van der Waals surface area contributed by atoms with E-state index in [4.69, 9.17) is 4.74 Å². The van der Waals surface area contributed by atoms with Crippen LogP contribution in [0.3, 0.4) is 0 Å². The molecule has 4 fully saturated rings. The van der Waals surface area contributed by atoms with E-state index >= 15 is 0 Å². The zero-order valence-electron chi connectivity index (χ0n) is 27.4. The standard InChI is InChI=1S/C38H52O6/c1-34(2)19-20-38(33(42)43)18-15-26-25(27(38)21-34)12-13-30-36(26,5)17-16-29-35(3,4)32(28(40)22-37(29,30)6)44-31(41)14-9-23-7-10-24(39)11-8-23/h7-12,14,26-30,32,39-40H,13,15-22H2,1-6H3,(H,42,43)/b14-9+/t26-,27-,28-,29+,30+,32+,36-,37+,38-/m0/s1. The summed E-state index contributed by atoms with van der Waals surface area (Å²) in [4.78, 5) is 25.8. The van der Waals surface area contributed by atoms with Gasteiger partial charge in [-0.3, -0.25) is 4.79 Å². The van der Waals surface area contributed by atoms with Crippen molar-refractivity contribution in [2.75, 3.05) is 0 Å². The number of carbonyl (C=O) groups excluding carboxylic acids is 1. The van der Waals surface area contributed by atoms with Gasteiger partial charge in [-0.05, 0) is 121 Å². The number of carboxylic acid groups (broad SMARTS) is 1. The number of carboxylic acids is 1. The molecule has 5 aliphatic carbocycles. The number of aliphatic hydroxyl groups excluding tert-OH is 1. The molecule has 0 radical (unpaired) electrons. The van der Waals surface area contributed by atoms with Crippen molar-refractivity contribution >= 4 is 18.0 Å². The minimum Gasteiger partial charge on any atom is -0.508 e. The minimum atomic E-state index is -0.768. The van der Waals surface area contributed by atoms with E-state index in [1.165, 1.54) is 11.6 Å². The number of phenolic OH excluding ortho intramolecular Hbond substituents is 1. The highest BCUT2D eigenvalue weighted by Gasteiger charge is 2.67. The van der Waals surface area contributed by atoms with Gasteiger partial charge in [0.1, 0.15) is 11.9 Å². The monoisotopic (exact) mass is 604 g/mol. The van der Waals surface area contributed by atoms with Crippen molar-refractivity contribution in [1.29, 1.82) is 0 Å². The molecule has 0 spiro atoms. The van der Waals surface area contributed by atoms with Gasteiger partial charge in [-0.15, -0.1) is 0 Å². The number of fused-ring (bicyclic) bond motifs is 7. The summed E-state index contributed by atoms with van der Waals surface area (Å²) in [5, 5.41) is 31.8. The second-order valence-corrected chi connectivity index (χ2v) is 16.9. The number of hydrogen-bond donors (Lipinski definition) is 3. The number of ether oxygens (including phenoxy) is 1. The Balaban J connectivity index is 1.26. The van der Waals surface area contributed by atoms with Crippen LogP contribution in [0.2, 0.25) is 0 Å². The van der Waals surface area contributed by atoms with Gasteiger partial charge in [0.2, 0.25) is 0 Å². The first-order chi connectivity index (χ1) is 20.5. The van der Waals surface area contributed by atoms with Gasteiger partial charge in [0, 0.05) is 11.5 Å².